The van der Waals surface area contributed by atoms with Crippen LogP contribution in [-0.2, 0) is 4.79 Å². The molecule has 1 aliphatic carbocycles. The summed E-state index contributed by atoms with van der Waals surface area (Å²) in [6, 6.07) is 0. The zero-order valence-electron chi connectivity index (χ0n) is 16.1. The predicted octanol–water partition coefficient (Wildman–Crippen LogP) is 5.93. The second-order valence-corrected chi connectivity index (χ2v) is 7.67. The molecule has 0 amide bonds. The lowest BCUT2D eigenvalue weighted by atomic mass is 9.78. The normalized spacial score (nSPS) is 16.7. The number of nitrogens with one attached hydrogen (secondary N) is 1. The summed E-state index contributed by atoms with van der Waals surface area (Å²) in [5.41, 5.74) is 0.479. The molecule has 0 radical (unpaired) electrons. The summed E-state index contributed by atoms with van der Waals surface area (Å²) in [6.07, 6.45) is 23.1. The number of aliphatic imine (C=N–C) groups is 1. The van der Waals surface area contributed by atoms with Crippen molar-refractivity contribution in [1.29, 1.82) is 0 Å². The minimum atomic E-state index is 0.479. The molecule has 0 atom stereocenters. The van der Waals surface area contributed by atoms with Crippen molar-refractivity contribution in [3.63, 3.8) is 0 Å². The van der Waals surface area contributed by atoms with Crippen molar-refractivity contribution in [2.45, 2.75) is 115 Å². The molecule has 0 aromatic heterocycles. The molecule has 1 aliphatic rings. The SMILES string of the molecule is CCCCCC1(NCCCCCCCCCN=C=O)CCCCC1. The first-order chi connectivity index (χ1) is 11.8. The van der Waals surface area contributed by atoms with Crippen molar-refractivity contribution >= 4 is 6.08 Å². The number of isocyanates is 1. The molecule has 0 aromatic carbocycles. The fourth-order valence-electron chi connectivity index (χ4n) is 4.06. The van der Waals surface area contributed by atoms with Gasteiger partial charge in [0.25, 0.3) is 0 Å². The Morgan fingerprint density at radius 1 is 0.875 bits per heavy atom. The number of nitrogens with zero attached hydrogens (tertiary/aromatic N) is 1. The van der Waals surface area contributed by atoms with Gasteiger partial charge in [0.2, 0.25) is 6.08 Å². The van der Waals surface area contributed by atoms with Crippen molar-refractivity contribution in [3.05, 3.63) is 0 Å². The molecule has 0 heterocycles. The van der Waals surface area contributed by atoms with E-state index in [9.17, 15) is 4.79 Å². The molecular formula is C21H40N2O. The van der Waals surface area contributed by atoms with Crippen LogP contribution in [0.3, 0.4) is 0 Å². The van der Waals surface area contributed by atoms with Crippen LogP contribution in [0.15, 0.2) is 4.99 Å². The summed E-state index contributed by atoms with van der Waals surface area (Å²) in [6.45, 7) is 4.17. The second-order valence-electron chi connectivity index (χ2n) is 7.67. The van der Waals surface area contributed by atoms with Crippen LogP contribution in [0, 0.1) is 0 Å². The number of carbonyl (C=O) groups excluding carboxylic acids is 1. The van der Waals surface area contributed by atoms with Gasteiger partial charge in [0, 0.05) is 5.54 Å². The van der Waals surface area contributed by atoms with Crippen LogP contribution < -0.4 is 5.32 Å². The lowest BCUT2D eigenvalue weighted by Gasteiger charge is -2.39. The zero-order valence-corrected chi connectivity index (χ0v) is 16.1. The molecule has 0 aromatic rings. The quantitative estimate of drug-likeness (QED) is 0.229. The maximum atomic E-state index is 9.95. The fraction of sp³-hybridized carbons (Fsp3) is 0.952. The first kappa shape index (κ1) is 21.4. The molecule has 1 fully saturated rings. The smallest absolute Gasteiger partial charge is 0.234 e. The van der Waals surface area contributed by atoms with E-state index < -0.39 is 0 Å². The van der Waals surface area contributed by atoms with Crippen LogP contribution in [0.5, 0.6) is 0 Å². The Hall–Kier alpha value is -0.660. The van der Waals surface area contributed by atoms with E-state index in [0.29, 0.717) is 12.1 Å². The Bertz CT molecular complexity index is 331. The molecule has 0 saturated heterocycles. The maximum Gasteiger partial charge on any atom is 0.234 e. The average molecular weight is 337 g/mol. The monoisotopic (exact) mass is 336 g/mol. The van der Waals surface area contributed by atoms with E-state index in [0.717, 1.165) is 6.42 Å². The van der Waals surface area contributed by atoms with Gasteiger partial charge in [-0.1, -0.05) is 77.6 Å². The highest BCUT2D eigenvalue weighted by Gasteiger charge is 2.30. The largest absolute Gasteiger partial charge is 0.311 e. The van der Waals surface area contributed by atoms with Gasteiger partial charge in [0.05, 0.1) is 6.54 Å². The van der Waals surface area contributed by atoms with Gasteiger partial charge in [0.15, 0.2) is 0 Å². The lowest BCUT2D eigenvalue weighted by molar-refractivity contribution is 0.209. The third-order valence-corrected chi connectivity index (χ3v) is 5.58. The van der Waals surface area contributed by atoms with Gasteiger partial charge in [-0.25, -0.2) is 9.79 Å². The second kappa shape index (κ2) is 14.7. The summed E-state index contributed by atoms with van der Waals surface area (Å²) in [5.74, 6) is 0. The summed E-state index contributed by atoms with van der Waals surface area (Å²) in [7, 11) is 0. The van der Waals surface area contributed by atoms with Crippen molar-refractivity contribution in [2.75, 3.05) is 13.1 Å². The summed E-state index contributed by atoms with van der Waals surface area (Å²) in [5, 5.41) is 3.97. The van der Waals surface area contributed by atoms with Gasteiger partial charge in [0.1, 0.15) is 0 Å². The minimum absolute atomic E-state index is 0.479. The molecular weight excluding hydrogens is 296 g/mol. The standard InChI is InChI=1S/C21H40N2O/c1-2-3-10-15-21(16-11-9-12-17-21)23-19-14-8-6-4-5-7-13-18-22-20-24/h23H,2-19H2,1H3. The molecule has 0 aliphatic heterocycles. The molecule has 0 unspecified atom stereocenters. The minimum Gasteiger partial charge on any atom is -0.311 e. The Balaban J connectivity index is 2.03. The van der Waals surface area contributed by atoms with E-state index in [1.165, 1.54) is 103 Å². The zero-order chi connectivity index (χ0) is 17.3. The third kappa shape index (κ3) is 10.3. The van der Waals surface area contributed by atoms with Gasteiger partial charge in [-0.2, -0.15) is 0 Å². The number of rotatable bonds is 15. The molecule has 3 nitrogen and oxygen atoms in total. The molecule has 3 heteroatoms. The Morgan fingerprint density at radius 3 is 2.21 bits per heavy atom. The van der Waals surface area contributed by atoms with Gasteiger partial charge in [-0.3, -0.25) is 0 Å². The van der Waals surface area contributed by atoms with Crippen LogP contribution in [0.1, 0.15) is 110 Å². The van der Waals surface area contributed by atoms with Crippen LogP contribution in [0.25, 0.3) is 0 Å². The molecule has 1 rings (SSSR count). The molecule has 140 valence electrons. The van der Waals surface area contributed by atoms with Gasteiger partial charge in [-0.15, -0.1) is 0 Å². The van der Waals surface area contributed by atoms with Crippen molar-refractivity contribution in [2.24, 2.45) is 4.99 Å². The van der Waals surface area contributed by atoms with Gasteiger partial charge < -0.3 is 5.32 Å². The van der Waals surface area contributed by atoms with Crippen molar-refractivity contribution in [1.82, 2.24) is 5.32 Å². The predicted molar refractivity (Wildman–Crippen MR) is 103 cm³/mol. The van der Waals surface area contributed by atoms with E-state index in [2.05, 4.69) is 17.2 Å². The maximum absolute atomic E-state index is 9.95. The molecule has 0 spiro atoms. The fourth-order valence-corrected chi connectivity index (χ4v) is 4.06. The number of hydrogen-bond acceptors (Lipinski definition) is 3. The van der Waals surface area contributed by atoms with Crippen molar-refractivity contribution < 1.29 is 4.79 Å². The topological polar surface area (TPSA) is 41.5 Å². The highest BCUT2D eigenvalue weighted by molar-refractivity contribution is 5.32. The average Bonchev–Trinajstić information content (AvgIpc) is 2.61. The summed E-state index contributed by atoms with van der Waals surface area (Å²) >= 11 is 0. The Labute approximate surface area is 150 Å². The van der Waals surface area contributed by atoms with Gasteiger partial charge in [-0.05, 0) is 38.6 Å². The van der Waals surface area contributed by atoms with Crippen LogP contribution in [0.4, 0.5) is 0 Å². The molecule has 1 N–H and O–H groups in total. The summed E-state index contributed by atoms with van der Waals surface area (Å²) in [4.78, 5) is 13.5. The highest BCUT2D eigenvalue weighted by atomic mass is 16.1. The molecule has 1 saturated carbocycles. The summed E-state index contributed by atoms with van der Waals surface area (Å²) < 4.78 is 0. The van der Waals surface area contributed by atoms with E-state index in [1.54, 1.807) is 6.08 Å². The van der Waals surface area contributed by atoms with Crippen LogP contribution in [0.2, 0.25) is 0 Å². The van der Waals surface area contributed by atoms with Crippen LogP contribution >= 0.6 is 0 Å². The number of unbranched alkanes of at least 4 members (excludes halogenated alkanes) is 8. The third-order valence-electron chi connectivity index (χ3n) is 5.58. The molecule has 24 heavy (non-hydrogen) atoms. The van der Waals surface area contributed by atoms with Gasteiger partial charge >= 0.3 is 0 Å². The van der Waals surface area contributed by atoms with E-state index in [-0.39, 0.29) is 0 Å². The highest BCUT2D eigenvalue weighted by Crippen LogP contribution is 2.32. The van der Waals surface area contributed by atoms with E-state index >= 15 is 0 Å². The molecule has 0 bridgehead atoms. The Kier molecular flexibility index (Phi) is 13.1. The first-order valence-electron chi connectivity index (χ1n) is 10.6. The van der Waals surface area contributed by atoms with E-state index in [1.807, 2.05) is 0 Å². The Morgan fingerprint density at radius 2 is 1.54 bits per heavy atom. The van der Waals surface area contributed by atoms with Crippen molar-refractivity contribution in [3.8, 4) is 0 Å². The lowest BCUT2D eigenvalue weighted by Crippen LogP contribution is -2.47. The number of hydrogen-bond donors (Lipinski definition) is 1. The van der Waals surface area contributed by atoms with E-state index in [4.69, 9.17) is 0 Å². The first-order valence-corrected chi connectivity index (χ1v) is 10.6. The van der Waals surface area contributed by atoms with Crippen LogP contribution in [-0.4, -0.2) is 24.7 Å².